The minimum absolute atomic E-state index is 0.0264. The van der Waals surface area contributed by atoms with Gasteiger partial charge in [-0.05, 0) is 35.9 Å². The molecular formula is C21H23Cl2FN2O3. The van der Waals surface area contributed by atoms with E-state index in [1.54, 1.807) is 17.0 Å². The molecule has 1 unspecified atom stereocenters. The predicted octanol–water partition coefficient (Wildman–Crippen LogP) is 3.47. The molecule has 1 aliphatic heterocycles. The molecule has 1 amide bonds. The summed E-state index contributed by atoms with van der Waals surface area (Å²) in [5.41, 5.74) is 1.02. The van der Waals surface area contributed by atoms with Crippen LogP contribution >= 0.6 is 23.2 Å². The van der Waals surface area contributed by atoms with Gasteiger partial charge in [0.1, 0.15) is 5.82 Å². The third kappa shape index (κ3) is 6.39. The first-order valence-electron chi connectivity index (χ1n) is 9.39. The summed E-state index contributed by atoms with van der Waals surface area (Å²) < 4.78 is 19.5. The summed E-state index contributed by atoms with van der Waals surface area (Å²) in [6.45, 7) is 3.24. The van der Waals surface area contributed by atoms with Gasteiger partial charge in [0.25, 0.3) is 5.91 Å². The number of hydrogen-bond donors (Lipinski definition) is 1. The average molecular weight is 441 g/mol. The molecule has 1 aliphatic rings. The average Bonchev–Trinajstić information content (AvgIpc) is 2.70. The van der Waals surface area contributed by atoms with E-state index in [1.807, 2.05) is 12.1 Å². The van der Waals surface area contributed by atoms with Crippen LogP contribution in [-0.2, 0) is 11.3 Å². The molecule has 1 saturated heterocycles. The van der Waals surface area contributed by atoms with Crippen LogP contribution in [0.1, 0.15) is 15.9 Å². The van der Waals surface area contributed by atoms with Crippen LogP contribution in [0.4, 0.5) is 4.39 Å². The van der Waals surface area contributed by atoms with E-state index in [4.69, 9.17) is 27.9 Å². The van der Waals surface area contributed by atoms with Crippen LogP contribution in [-0.4, -0.2) is 66.2 Å². The molecule has 5 nitrogen and oxygen atoms in total. The molecule has 2 aromatic carbocycles. The van der Waals surface area contributed by atoms with Crippen LogP contribution in [0.3, 0.4) is 0 Å². The van der Waals surface area contributed by atoms with Gasteiger partial charge < -0.3 is 14.7 Å². The maximum Gasteiger partial charge on any atom is 0.256 e. The molecule has 1 heterocycles. The van der Waals surface area contributed by atoms with Crippen LogP contribution in [0, 0.1) is 5.82 Å². The fourth-order valence-corrected chi connectivity index (χ4v) is 3.50. The van der Waals surface area contributed by atoms with Crippen LogP contribution in [0.5, 0.6) is 0 Å². The molecule has 1 atom stereocenters. The van der Waals surface area contributed by atoms with E-state index in [9.17, 15) is 14.3 Å². The van der Waals surface area contributed by atoms with Gasteiger partial charge in [0.15, 0.2) is 0 Å². The summed E-state index contributed by atoms with van der Waals surface area (Å²) in [6, 6.07) is 11.4. The maximum atomic E-state index is 14.0. The normalized spacial score (nSPS) is 16.1. The van der Waals surface area contributed by atoms with Crippen molar-refractivity contribution < 1.29 is 19.0 Å². The van der Waals surface area contributed by atoms with Crippen molar-refractivity contribution >= 4 is 29.1 Å². The highest BCUT2D eigenvalue weighted by Crippen LogP contribution is 2.17. The molecule has 2 aromatic rings. The van der Waals surface area contributed by atoms with E-state index in [0.29, 0.717) is 44.4 Å². The molecule has 0 radical (unpaired) electrons. The minimum atomic E-state index is -0.627. The number of piperazine rings is 1. The highest BCUT2D eigenvalue weighted by Gasteiger charge is 2.25. The SMILES string of the molecule is O=C(c1ccc(Cl)cc1F)N1CCN(CC(O)COCc2ccc(Cl)cc2)CC1. The summed E-state index contributed by atoms with van der Waals surface area (Å²) in [7, 11) is 0. The highest BCUT2D eigenvalue weighted by atomic mass is 35.5. The van der Waals surface area contributed by atoms with Crippen LogP contribution in [0.15, 0.2) is 42.5 Å². The Kier molecular flexibility index (Phi) is 7.86. The number of rotatable bonds is 7. The topological polar surface area (TPSA) is 53.0 Å². The van der Waals surface area contributed by atoms with Crippen LogP contribution < -0.4 is 0 Å². The fourth-order valence-electron chi connectivity index (χ4n) is 3.21. The number of aliphatic hydroxyl groups excluding tert-OH is 1. The van der Waals surface area contributed by atoms with Gasteiger partial charge in [-0.2, -0.15) is 0 Å². The molecule has 1 fully saturated rings. The van der Waals surface area contributed by atoms with Crippen molar-refractivity contribution in [2.45, 2.75) is 12.7 Å². The fraction of sp³-hybridized carbons (Fsp3) is 0.381. The van der Waals surface area contributed by atoms with Crippen molar-refractivity contribution in [3.63, 3.8) is 0 Å². The summed E-state index contributed by atoms with van der Waals surface area (Å²) in [5, 5.41) is 11.1. The lowest BCUT2D eigenvalue weighted by Crippen LogP contribution is -2.51. The van der Waals surface area contributed by atoms with Gasteiger partial charge in [0, 0.05) is 42.8 Å². The second kappa shape index (κ2) is 10.4. The lowest BCUT2D eigenvalue weighted by molar-refractivity contribution is 0.00202. The van der Waals surface area contributed by atoms with Gasteiger partial charge in [-0.15, -0.1) is 0 Å². The molecule has 29 heavy (non-hydrogen) atoms. The molecule has 3 rings (SSSR count). The Morgan fingerprint density at radius 2 is 1.72 bits per heavy atom. The Hall–Kier alpha value is -1.70. The molecule has 1 N–H and O–H groups in total. The Morgan fingerprint density at radius 1 is 1.07 bits per heavy atom. The van der Waals surface area contributed by atoms with Crippen LogP contribution in [0.25, 0.3) is 0 Å². The Bertz CT molecular complexity index is 827. The molecule has 0 aliphatic carbocycles. The van der Waals surface area contributed by atoms with Crippen molar-refractivity contribution in [3.05, 3.63) is 69.5 Å². The minimum Gasteiger partial charge on any atom is -0.389 e. The van der Waals surface area contributed by atoms with Crippen molar-refractivity contribution in [1.29, 1.82) is 0 Å². The number of benzene rings is 2. The molecular weight excluding hydrogens is 418 g/mol. The number of ether oxygens (including phenoxy) is 1. The van der Waals surface area contributed by atoms with Crippen molar-refractivity contribution in [1.82, 2.24) is 9.80 Å². The van der Waals surface area contributed by atoms with E-state index in [0.717, 1.165) is 11.6 Å². The molecule has 8 heteroatoms. The Morgan fingerprint density at radius 3 is 2.38 bits per heavy atom. The molecule has 0 spiro atoms. The zero-order valence-electron chi connectivity index (χ0n) is 15.9. The number of nitrogens with zero attached hydrogens (tertiary/aromatic N) is 2. The maximum absolute atomic E-state index is 14.0. The van der Waals surface area contributed by atoms with E-state index in [2.05, 4.69) is 4.90 Å². The third-order valence-electron chi connectivity index (χ3n) is 4.78. The summed E-state index contributed by atoms with van der Waals surface area (Å²) in [6.07, 6.45) is -0.627. The zero-order valence-corrected chi connectivity index (χ0v) is 17.4. The van der Waals surface area contributed by atoms with E-state index < -0.39 is 11.9 Å². The van der Waals surface area contributed by atoms with Crippen molar-refractivity contribution in [2.24, 2.45) is 0 Å². The first-order chi connectivity index (χ1) is 13.9. The van der Waals surface area contributed by atoms with Gasteiger partial charge in [0.05, 0.1) is 24.9 Å². The summed E-state index contributed by atoms with van der Waals surface area (Å²) >= 11 is 11.6. The first kappa shape index (κ1) is 22.0. The predicted molar refractivity (Wildman–Crippen MR) is 111 cm³/mol. The Labute approximate surface area is 179 Å². The highest BCUT2D eigenvalue weighted by molar-refractivity contribution is 6.30. The number of aliphatic hydroxyl groups is 1. The van der Waals surface area contributed by atoms with Crippen molar-refractivity contribution in [2.75, 3.05) is 39.3 Å². The smallest absolute Gasteiger partial charge is 0.256 e. The van der Waals surface area contributed by atoms with E-state index >= 15 is 0 Å². The number of carbonyl (C=O) groups excluding carboxylic acids is 1. The summed E-state index contributed by atoms with van der Waals surface area (Å²) in [5.74, 6) is -0.955. The Balaban J connectivity index is 1.39. The van der Waals surface area contributed by atoms with Gasteiger partial charge in [0.2, 0.25) is 0 Å². The standard InChI is InChI=1S/C21H23Cl2FN2O3/c22-16-3-1-15(2-4-16)13-29-14-18(27)12-25-7-9-26(10-8-25)21(28)19-6-5-17(23)11-20(19)24/h1-6,11,18,27H,7-10,12-14H2. The lowest BCUT2D eigenvalue weighted by atomic mass is 10.1. The van der Waals surface area contributed by atoms with Gasteiger partial charge in [-0.1, -0.05) is 35.3 Å². The summed E-state index contributed by atoms with van der Waals surface area (Å²) in [4.78, 5) is 16.2. The van der Waals surface area contributed by atoms with Crippen molar-refractivity contribution in [3.8, 4) is 0 Å². The number of amides is 1. The van der Waals surface area contributed by atoms with Gasteiger partial charge >= 0.3 is 0 Å². The third-order valence-corrected chi connectivity index (χ3v) is 5.27. The van der Waals surface area contributed by atoms with E-state index in [1.165, 1.54) is 12.1 Å². The number of halogens is 3. The van der Waals surface area contributed by atoms with E-state index in [-0.39, 0.29) is 23.1 Å². The lowest BCUT2D eigenvalue weighted by Gasteiger charge is -2.35. The molecule has 0 saturated carbocycles. The largest absolute Gasteiger partial charge is 0.389 e. The quantitative estimate of drug-likeness (QED) is 0.715. The number of carbonyl (C=O) groups is 1. The van der Waals surface area contributed by atoms with Crippen LogP contribution in [0.2, 0.25) is 10.0 Å². The monoisotopic (exact) mass is 440 g/mol. The number of hydrogen-bond acceptors (Lipinski definition) is 4. The first-order valence-corrected chi connectivity index (χ1v) is 10.1. The number of β-amino-alcohol motifs (C(OH)–C–C–N with tert-alkyl or cyclic N) is 1. The second-order valence-corrected chi connectivity index (χ2v) is 7.89. The molecule has 0 bridgehead atoms. The molecule has 0 aromatic heterocycles. The van der Waals surface area contributed by atoms with Gasteiger partial charge in [-0.25, -0.2) is 4.39 Å². The zero-order chi connectivity index (χ0) is 20.8. The molecule has 156 valence electrons. The second-order valence-electron chi connectivity index (χ2n) is 7.01. The van der Waals surface area contributed by atoms with Gasteiger partial charge in [-0.3, -0.25) is 9.69 Å².